The molecule has 0 unspecified atom stereocenters. The van der Waals surface area contributed by atoms with Gasteiger partial charge in [0.1, 0.15) is 11.6 Å². The molecular weight excluding hydrogens is 446 g/mol. The monoisotopic (exact) mass is 462 g/mol. The second-order valence-corrected chi connectivity index (χ2v) is 8.83. The highest BCUT2D eigenvalue weighted by molar-refractivity contribution is 7.89. The molecule has 7 nitrogen and oxygen atoms in total. The molecule has 0 spiro atoms. The number of nitrogens with one attached hydrogen (secondary N) is 1. The number of amides is 1. The van der Waals surface area contributed by atoms with Crippen LogP contribution in [0.2, 0.25) is 10.0 Å². The van der Waals surface area contributed by atoms with E-state index in [1.54, 1.807) is 0 Å². The van der Waals surface area contributed by atoms with E-state index in [0.717, 1.165) is 6.07 Å². The van der Waals surface area contributed by atoms with Crippen molar-refractivity contribution in [2.24, 2.45) is 0 Å². The van der Waals surface area contributed by atoms with Crippen LogP contribution in [-0.2, 0) is 19.6 Å². The predicted octanol–water partition coefficient (Wildman–Crippen LogP) is 3.17. The van der Waals surface area contributed by atoms with Gasteiger partial charge in [0.2, 0.25) is 10.0 Å². The normalized spacial score (nSPS) is 15.1. The van der Waals surface area contributed by atoms with E-state index in [0.29, 0.717) is 18.9 Å². The van der Waals surface area contributed by atoms with Crippen molar-refractivity contribution >= 4 is 44.8 Å². The summed E-state index contributed by atoms with van der Waals surface area (Å²) in [5.74, 6) is -0.964. The molecule has 0 atom stereocenters. The lowest BCUT2D eigenvalue weighted by Gasteiger charge is -2.26. The highest BCUT2D eigenvalue weighted by atomic mass is 35.5. The molecule has 0 bridgehead atoms. The molecule has 1 heterocycles. The molecule has 1 fully saturated rings. The van der Waals surface area contributed by atoms with Crippen LogP contribution in [0.5, 0.6) is 5.75 Å². The van der Waals surface area contributed by atoms with Gasteiger partial charge in [0, 0.05) is 18.8 Å². The molecule has 11 heteroatoms. The lowest BCUT2D eigenvalue weighted by Crippen LogP contribution is -2.40. The van der Waals surface area contributed by atoms with Crippen molar-refractivity contribution < 1.29 is 27.1 Å². The number of halogens is 3. The first-order valence-electron chi connectivity index (χ1n) is 8.52. The van der Waals surface area contributed by atoms with Crippen LogP contribution < -0.4 is 10.1 Å². The van der Waals surface area contributed by atoms with Crippen LogP contribution in [-0.4, -0.2) is 51.5 Å². The van der Waals surface area contributed by atoms with Crippen molar-refractivity contribution in [3.05, 3.63) is 52.3 Å². The topological polar surface area (TPSA) is 84.9 Å². The summed E-state index contributed by atoms with van der Waals surface area (Å²) < 4.78 is 50.3. The number of hydrogen-bond acceptors (Lipinski definition) is 5. The summed E-state index contributed by atoms with van der Waals surface area (Å²) in [7, 11) is -3.69. The minimum absolute atomic E-state index is 0.0298. The molecule has 2 aromatic rings. The molecule has 2 aromatic carbocycles. The molecule has 1 aliphatic heterocycles. The summed E-state index contributed by atoms with van der Waals surface area (Å²) in [5.41, 5.74) is 0.308. The van der Waals surface area contributed by atoms with Crippen molar-refractivity contribution in [2.75, 3.05) is 38.2 Å². The summed E-state index contributed by atoms with van der Waals surface area (Å²) in [4.78, 5) is 12.0. The number of morpholine rings is 1. The van der Waals surface area contributed by atoms with Gasteiger partial charge in [-0.3, -0.25) is 4.79 Å². The smallest absolute Gasteiger partial charge is 0.262 e. The van der Waals surface area contributed by atoms with Gasteiger partial charge < -0.3 is 14.8 Å². The maximum atomic E-state index is 13.1. The van der Waals surface area contributed by atoms with E-state index in [4.69, 9.17) is 32.7 Å². The van der Waals surface area contributed by atoms with Gasteiger partial charge in [-0.2, -0.15) is 4.31 Å². The van der Waals surface area contributed by atoms with E-state index in [9.17, 15) is 17.6 Å². The average Bonchev–Trinajstić information content (AvgIpc) is 2.70. The van der Waals surface area contributed by atoms with Gasteiger partial charge in [0.15, 0.2) is 6.61 Å². The molecule has 29 heavy (non-hydrogen) atoms. The molecular formula is C18H17Cl2FN2O5S. The highest BCUT2D eigenvalue weighted by Crippen LogP contribution is 2.29. The van der Waals surface area contributed by atoms with E-state index < -0.39 is 21.7 Å². The summed E-state index contributed by atoms with van der Waals surface area (Å²) in [5, 5.41) is 2.44. The van der Waals surface area contributed by atoms with E-state index >= 15 is 0 Å². The molecule has 1 N–H and O–H groups in total. The van der Waals surface area contributed by atoms with Crippen LogP contribution in [0.3, 0.4) is 0 Å². The van der Waals surface area contributed by atoms with Crippen LogP contribution in [0.1, 0.15) is 0 Å². The van der Waals surface area contributed by atoms with Crippen LogP contribution >= 0.6 is 23.2 Å². The molecule has 1 saturated heterocycles. The highest BCUT2D eigenvalue weighted by Gasteiger charge is 2.27. The van der Waals surface area contributed by atoms with Gasteiger partial charge in [-0.15, -0.1) is 0 Å². The summed E-state index contributed by atoms with van der Waals surface area (Å²) >= 11 is 11.8. The zero-order chi connectivity index (χ0) is 21.0. The standard InChI is InChI=1S/C18H17Cl2FN2O5S/c19-14-9-12(1-3-16(14)21)22-18(24)11-28-17-4-2-13(10-15(17)20)29(25,26)23-5-7-27-8-6-23/h1-4,9-10H,5-8,11H2,(H,22,24). The minimum atomic E-state index is -3.69. The number of anilines is 1. The van der Waals surface area contributed by atoms with Crippen LogP contribution in [0, 0.1) is 5.82 Å². The molecule has 3 rings (SSSR count). The number of ether oxygens (including phenoxy) is 2. The molecule has 0 saturated carbocycles. The van der Waals surface area contributed by atoms with Crippen LogP contribution in [0.15, 0.2) is 41.3 Å². The lowest BCUT2D eigenvalue weighted by molar-refractivity contribution is -0.118. The van der Waals surface area contributed by atoms with E-state index in [-0.39, 0.29) is 40.4 Å². The SMILES string of the molecule is O=C(COc1ccc(S(=O)(=O)N2CCOCC2)cc1Cl)Nc1ccc(F)c(Cl)c1. The van der Waals surface area contributed by atoms with Crippen molar-refractivity contribution in [1.29, 1.82) is 0 Å². The van der Waals surface area contributed by atoms with Crippen LogP contribution in [0.4, 0.5) is 10.1 Å². The third kappa shape index (κ3) is 5.37. The fourth-order valence-electron chi connectivity index (χ4n) is 2.61. The van der Waals surface area contributed by atoms with Gasteiger partial charge >= 0.3 is 0 Å². The molecule has 1 amide bonds. The minimum Gasteiger partial charge on any atom is -0.482 e. The average molecular weight is 463 g/mol. The van der Waals surface area contributed by atoms with Gasteiger partial charge in [0.05, 0.1) is 28.2 Å². The number of carbonyl (C=O) groups is 1. The second kappa shape index (κ2) is 9.27. The van der Waals surface area contributed by atoms with E-state index in [1.165, 1.54) is 34.6 Å². The van der Waals surface area contributed by atoms with Crippen molar-refractivity contribution in [1.82, 2.24) is 4.31 Å². The summed E-state index contributed by atoms with van der Waals surface area (Å²) in [6, 6.07) is 7.79. The van der Waals surface area contributed by atoms with Crippen molar-refractivity contribution in [3.8, 4) is 5.75 Å². The summed E-state index contributed by atoms with van der Waals surface area (Å²) in [6.07, 6.45) is 0. The number of nitrogens with zero attached hydrogens (tertiary/aromatic N) is 1. The van der Waals surface area contributed by atoms with Crippen LogP contribution in [0.25, 0.3) is 0 Å². The largest absolute Gasteiger partial charge is 0.482 e. The Morgan fingerprint density at radius 3 is 2.52 bits per heavy atom. The quantitative estimate of drug-likeness (QED) is 0.712. The fourth-order valence-corrected chi connectivity index (χ4v) is 4.52. The number of carbonyl (C=O) groups excluding carboxylic acids is 1. The first-order chi connectivity index (χ1) is 13.8. The third-order valence-electron chi connectivity index (χ3n) is 4.07. The fraction of sp³-hybridized carbons (Fsp3) is 0.278. The lowest BCUT2D eigenvalue weighted by atomic mass is 10.3. The van der Waals surface area contributed by atoms with Gasteiger partial charge in [-0.1, -0.05) is 23.2 Å². The number of benzene rings is 2. The number of hydrogen-bond donors (Lipinski definition) is 1. The maximum absolute atomic E-state index is 13.1. The molecule has 156 valence electrons. The predicted molar refractivity (Wildman–Crippen MR) is 107 cm³/mol. The van der Waals surface area contributed by atoms with Gasteiger partial charge in [-0.25, -0.2) is 12.8 Å². The van der Waals surface area contributed by atoms with Crippen molar-refractivity contribution in [2.45, 2.75) is 4.90 Å². The second-order valence-electron chi connectivity index (χ2n) is 6.07. The maximum Gasteiger partial charge on any atom is 0.262 e. The molecule has 1 aliphatic rings. The molecule has 0 aromatic heterocycles. The van der Waals surface area contributed by atoms with Gasteiger partial charge in [0.25, 0.3) is 5.91 Å². The molecule has 0 radical (unpaired) electrons. The zero-order valence-electron chi connectivity index (χ0n) is 15.0. The molecule has 0 aliphatic carbocycles. The van der Waals surface area contributed by atoms with E-state index in [1.807, 2.05) is 0 Å². The summed E-state index contributed by atoms with van der Waals surface area (Å²) in [6.45, 7) is 0.826. The Balaban J connectivity index is 1.63. The Morgan fingerprint density at radius 2 is 1.86 bits per heavy atom. The third-order valence-corrected chi connectivity index (χ3v) is 6.55. The Labute approximate surface area is 177 Å². The Morgan fingerprint density at radius 1 is 1.14 bits per heavy atom. The zero-order valence-corrected chi connectivity index (χ0v) is 17.4. The number of sulfonamides is 1. The number of rotatable bonds is 6. The first-order valence-corrected chi connectivity index (χ1v) is 10.7. The van der Waals surface area contributed by atoms with E-state index in [2.05, 4.69) is 5.32 Å². The first kappa shape index (κ1) is 21.8. The van der Waals surface area contributed by atoms with Crippen molar-refractivity contribution in [3.63, 3.8) is 0 Å². The Hall–Kier alpha value is -1.91. The Bertz CT molecular complexity index is 1010. The Kier molecular flexibility index (Phi) is 6.97. The van der Waals surface area contributed by atoms with Gasteiger partial charge in [-0.05, 0) is 36.4 Å².